The molecule has 0 radical (unpaired) electrons. The molecule has 0 amide bonds. The van der Waals surface area contributed by atoms with Crippen LogP contribution in [-0.2, 0) is 18.9 Å². The highest BCUT2D eigenvalue weighted by atomic mass is 32.1. The quantitative estimate of drug-likeness (QED) is 0.0256. The second kappa shape index (κ2) is 29.1. The zero-order valence-corrected chi connectivity index (χ0v) is 35.8. The van der Waals surface area contributed by atoms with Crippen molar-refractivity contribution < 1.29 is 79.0 Å². The third kappa shape index (κ3) is 19.0. The van der Waals surface area contributed by atoms with E-state index in [9.17, 15) is 39.6 Å². The Kier molecular flexibility index (Phi) is 24.5. The van der Waals surface area contributed by atoms with Crippen molar-refractivity contribution in [2.24, 2.45) is 0 Å². The molecule has 0 aliphatic carbocycles. The van der Waals surface area contributed by atoms with Crippen molar-refractivity contribution in [2.75, 3.05) is 52.9 Å². The third-order valence-corrected chi connectivity index (χ3v) is 10.9. The van der Waals surface area contributed by atoms with Gasteiger partial charge in [-0.2, -0.15) is 0 Å². The van der Waals surface area contributed by atoms with E-state index in [1.807, 2.05) is 0 Å². The summed E-state index contributed by atoms with van der Waals surface area (Å²) in [6, 6.07) is 12.6. The molecule has 0 spiro atoms. The lowest BCUT2D eigenvalue weighted by Gasteiger charge is -2.11. The van der Waals surface area contributed by atoms with Crippen LogP contribution in [0.4, 0.5) is 0 Å². The topological polar surface area (TPSA) is 267 Å². The first kappa shape index (κ1) is 52.0. The van der Waals surface area contributed by atoms with Gasteiger partial charge in [-0.3, -0.25) is 0 Å². The molecule has 0 aliphatic rings. The summed E-state index contributed by atoms with van der Waals surface area (Å²) < 4.78 is 22.0. The van der Waals surface area contributed by atoms with E-state index in [4.69, 9.17) is 39.4 Å². The first-order valence-corrected chi connectivity index (χ1v) is 22.0. The first-order chi connectivity index (χ1) is 29.9. The maximum absolute atomic E-state index is 13.3. The van der Waals surface area contributed by atoms with Crippen LogP contribution in [0.3, 0.4) is 0 Å². The number of ether oxygens (including phenoxy) is 4. The van der Waals surface area contributed by atoms with Crippen molar-refractivity contribution in [3.8, 4) is 20.9 Å². The van der Waals surface area contributed by atoms with E-state index in [0.717, 1.165) is 0 Å². The Hall–Kier alpha value is -4.30. The normalized spacial score (nSPS) is 13.2. The van der Waals surface area contributed by atoms with Gasteiger partial charge in [0.05, 0.1) is 99.5 Å². The van der Waals surface area contributed by atoms with Gasteiger partial charge in [0.15, 0.2) is 0 Å². The Bertz CT molecular complexity index is 1760. The lowest BCUT2D eigenvalue weighted by atomic mass is 10.0. The van der Waals surface area contributed by atoms with Crippen LogP contribution in [0.2, 0.25) is 0 Å². The van der Waals surface area contributed by atoms with Gasteiger partial charge in [-0.25, -0.2) is 19.2 Å². The van der Waals surface area contributed by atoms with Crippen molar-refractivity contribution in [2.45, 2.75) is 108 Å². The standard InChI is InChI=1S/C45H62O16S/c46-26-36(50)10-2-1-6-16-58-42(54)32-20-30(21-33(24-32)43(55)59-17-7-3-11-37(51)27-47)40-14-15-41(62-40)31-22-34(44(56)60-18-8-4-12-38(52)28-48)25-35(23-31)45(57)61-19-9-5-13-39(53)29-49/h14-15,20-25,36-39,46-53H,1-13,16-19,26-29H2. The molecule has 8 N–H and O–H groups in total. The average molecular weight is 891 g/mol. The molecule has 0 bridgehead atoms. The van der Waals surface area contributed by atoms with Gasteiger partial charge in [0.2, 0.25) is 0 Å². The van der Waals surface area contributed by atoms with Crippen LogP contribution in [0.5, 0.6) is 0 Å². The lowest BCUT2D eigenvalue weighted by molar-refractivity contribution is 0.0466. The van der Waals surface area contributed by atoms with Gasteiger partial charge in [0.1, 0.15) is 0 Å². The summed E-state index contributed by atoms with van der Waals surface area (Å²) in [5.41, 5.74) is 1.31. The second-order valence-corrected chi connectivity index (χ2v) is 16.1. The molecule has 3 rings (SSSR count). The number of thiophene rings is 1. The zero-order valence-electron chi connectivity index (χ0n) is 35.0. The van der Waals surface area contributed by atoms with Gasteiger partial charge in [-0.15, -0.1) is 11.3 Å². The number of carbonyl (C=O) groups excluding carboxylic acids is 4. The number of benzene rings is 2. The van der Waals surface area contributed by atoms with E-state index in [2.05, 4.69) is 0 Å². The van der Waals surface area contributed by atoms with E-state index in [1.54, 1.807) is 36.4 Å². The van der Waals surface area contributed by atoms with E-state index in [-0.39, 0.29) is 75.1 Å². The highest BCUT2D eigenvalue weighted by molar-refractivity contribution is 7.18. The van der Waals surface area contributed by atoms with Crippen LogP contribution in [0.15, 0.2) is 48.5 Å². The molecule has 0 saturated heterocycles. The van der Waals surface area contributed by atoms with Gasteiger partial charge in [-0.05, 0) is 137 Å². The van der Waals surface area contributed by atoms with Crippen LogP contribution in [0.25, 0.3) is 20.9 Å². The molecule has 344 valence electrons. The number of aliphatic hydroxyl groups excluding tert-OH is 8. The van der Waals surface area contributed by atoms with E-state index in [1.165, 1.54) is 23.5 Å². The van der Waals surface area contributed by atoms with Gasteiger partial charge in [-0.1, -0.05) is 6.42 Å². The smallest absolute Gasteiger partial charge is 0.338 e. The number of hydrogen-bond acceptors (Lipinski definition) is 17. The first-order valence-electron chi connectivity index (χ1n) is 21.1. The molecular formula is C45H62O16S. The summed E-state index contributed by atoms with van der Waals surface area (Å²) >= 11 is 1.26. The fourth-order valence-corrected chi connectivity index (χ4v) is 7.10. The minimum atomic E-state index is -0.862. The summed E-state index contributed by atoms with van der Waals surface area (Å²) in [5, 5.41) is 74.5. The fraction of sp³-hybridized carbons (Fsp3) is 0.556. The van der Waals surface area contributed by atoms with E-state index < -0.39 is 48.3 Å². The van der Waals surface area contributed by atoms with Crippen molar-refractivity contribution in [3.05, 3.63) is 70.8 Å². The molecule has 4 unspecified atom stereocenters. The van der Waals surface area contributed by atoms with Crippen LogP contribution >= 0.6 is 11.3 Å². The number of aliphatic hydroxyl groups is 8. The maximum atomic E-state index is 13.3. The minimum absolute atomic E-state index is 0.0367. The van der Waals surface area contributed by atoms with Crippen LogP contribution in [0.1, 0.15) is 125 Å². The molecule has 17 heteroatoms. The second-order valence-electron chi connectivity index (χ2n) is 15.0. The molecule has 4 atom stereocenters. The molecule has 2 aromatic carbocycles. The molecule has 1 heterocycles. The third-order valence-electron chi connectivity index (χ3n) is 9.74. The number of unbranched alkanes of at least 4 members (excludes halogenated alkanes) is 5. The Balaban J connectivity index is 1.88. The molecule has 3 aromatic rings. The Morgan fingerprint density at radius 2 is 0.661 bits per heavy atom. The fourth-order valence-electron chi connectivity index (χ4n) is 6.12. The molecule has 0 fully saturated rings. The molecule has 62 heavy (non-hydrogen) atoms. The predicted molar refractivity (Wildman–Crippen MR) is 229 cm³/mol. The maximum Gasteiger partial charge on any atom is 0.338 e. The molecular weight excluding hydrogens is 829 g/mol. The molecule has 1 aromatic heterocycles. The van der Waals surface area contributed by atoms with Crippen molar-refractivity contribution >= 4 is 35.2 Å². The number of carbonyl (C=O) groups is 4. The Morgan fingerprint density at radius 3 is 0.935 bits per heavy atom. The summed E-state index contributed by atoms with van der Waals surface area (Å²) in [6.07, 6.45) is 2.67. The average Bonchev–Trinajstić information content (AvgIpc) is 3.79. The van der Waals surface area contributed by atoms with Crippen molar-refractivity contribution in [1.29, 1.82) is 0 Å². The monoisotopic (exact) mass is 890 g/mol. The molecule has 0 saturated carbocycles. The van der Waals surface area contributed by atoms with Gasteiger partial charge in [0, 0.05) is 9.75 Å². The Labute approximate surface area is 365 Å². The highest BCUT2D eigenvalue weighted by Gasteiger charge is 2.20. The molecule has 16 nitrogen and oxygen atoms in total. The summed E-state index contributed by atoms with van der Waals surface area (Å²) in [5.74, 6) is -2.75. The lowest BCUT2D eigenvalue weighted by Crippen LogP contribution is -2.13. The number of esters is 4. The van der Waals surface area contributed by atoms with Gasteiger partial charge >= 0.3 is 23.9 Å². The summed E-state index contributed by atoms with van der Waals surface area (Å²) in [4.78, 5) is 54.4. The van der Waals surface area contributed by atoms with Gasteiger partial charge < -0.3 is 59.8 Å². The van der Waals surface area contributed by atoms with E-state index in [0.29, 0.717) is 104 Å². The van der Waals surface area contributed by atoms with Crippen LogP contribution < -0.4 is 0 Å². The van der Waals surface area contributed by atoms with Crippen LogP contribution in [0, 0.1) is 0 Å². The SMILES string of the molecule is O=C(OCCCCCC(O)CO)c1cc(C(=O)OCCCCC(O)CO)cc(-c2ccc(-c3cc(C(=O)OCCCCC(O)CO)cc(C(=O)OCCCCC(O)CO)c3)s2)c1. The van der Waals surface area contributed by atoms with Crippen molar-refractivity contribution in [3.63, 3.8) is 0 Å². The Morgan fingerprint density at radius 1 is 0.403 bits per heavy atom. The number of hydrogen-bond donors (Lipinski definition) is 8. The summed E-state index contributed by atoms with van der Waals surface area (Å²) in [7, 11) is 0. The van der Waals surface area contributed by atoms with E-state index >= 15 is 0 Å². The highest BCUT2D eigenvalue weighted by Crippen LogP contribution is 2.37. The minimum Gasteiger partial charge on any atom is -0.462 e. The predicted octanol–water partition coefficient (Wildman–Crippen LogP) is 4.19. The number of rotatable bonds is 31. The molecule has 0 aliphatic heterocycles. The summed E-state index contributed by atoms with van der Waals surface area (Å²) in [6.45, 7) is -1.23. The zero-order chi connectivity index (χ0) is 45.3. The van der Waals surface area contributed by atoms with Crippen LogP contribution in [-0.4, -0.2) is 142 Å². The van der Waals surface area contributed by atoms with Gasteiger partial charge in [0.25, 0.3) is 0 Å². The largest absolute Gasteiger partial charge is 0.462 e. The van der Waals surface area contributed by atoms with Crippen molar-refractivity contribution in [1.82, 2.24) is 0 Å².